The van der Waals surface area contributed by atoms with Crippen LogP contribution in [0.15, 0.2) is 42.6 Å². The zero-order chi connectivity index (χ0) is 22.4. The van der Waals surface area contributed by atoms with Gasteiger partial charge in [0.25, 0.3) is 5.91 Å². The average molecular weight is 425 g/mol. The molecule has 2 aliphatic heterocycles. The summed E-state index contributed by atoms with van der Waals surface area (Å²) in [7, 11) is 1.91. The van der Waals surface area contributed by atoms with E-state index in [0.717, 1.165) is 43.7 Å². The summed E-state index contributed by atoms with van der Waals surface area (Å²) in [5.41, 5.74) is 3.38. The third-order valence-corrected chi connectivity index (χ3v) is 5.84. The van der Waals surface area contributed by atoms with Crippen LogP contribution in [-0.2, 0) is 22.7 Å². The maximum absolute atomic E-state index is 12.0. The number of piperidine rings is 1. The molecule has 7 heteroatoms. The standard InChI is InChI=1S/C16H24N2O2.C8H8N2O/c1-16(2,20)15(19)18-10-8-13(9-11-18)12-4-6-14(17-3)7-5-12;11-6-10-4-7-2-1-3-9-8(7)5-10/h4-7,13,17,20H,8-11H2,1-3H3;1-3,6H,4-5H2. The summed E-state index contributed by atoms with van der Waals surface area (Å²) in [6, 6.07) is 12.4. The quantitative estimate of drug-likeness (QED) is 0.737. The zero-order valence-electron chi connectivity index (χ0n) is 18.5. The lowest BCUT2D eigenvalue weighted by Gasteiger charge is -2.35. The van der Waals surface area contributed by atoms with Crippen molar-refractivity contribution >= 4 is 18.0 Å². The first-order valence-electron chi connectivity index (χ1n) is 10.7. The Kier molecular flexibility index (Phi) is 7.28. The molecular formula is C24H32N4O3. The van der Waals surface area contributed by atoms with Gasteiger partial charge in [-0.05, 0) is 61.9 Å². The molecule has 0 radical (unpaired) electrons. The van der Waals surface area contributed by atoms with Crippen molar-refractivity contribution in [1.82, 2.24) is 14.8 Å². The van der Waals surface area contributed by atoms with E-state index < -0.39 is 5.60 Å². The molecule has 0 atom stereocenters. The average Bonchev–Trinajstić information content (AvgIpc) is 3.22. The van der Waals surface area contributed by atoms with Crippen molar-refractivity contribution < 1.29 is 14.7 Å². The third-order valence-electron chi connectivity index (χ3n) is 5.84. The molecule has 4 rings (SSSR count). The number of pyridine rings is 1. The van der Waals surface area contributed by atoms with Crippen LogP contribution in [-0.4, -0.2) is 57.9 Å². The number of nitrogens with zero attached hydrogens (tertiary/aromatic N) is 3. The summed E-state index contributed by atoms with van der Waals surface area (Å²) >= 11 is 0. The molecule has 31 heavy (non-hydrogen) atoms. The Morgan fingerprint density at radius 2 is 1.84 bits per heavy atom. The van der Waals surface area contributed by atoms with Gasteiger partial charge in [-0.1, -0.05) is 18.2 Å². The topological polar surface area (TPSA) is 85.8 Å². The highest BCUT2D eigenvalue weighted by molar-refractivity contribution is 5.84. The van der Waals surface area contributed by atoms with Gasteiger partial charge < -0.3 is 20.2 Å². The number of aliphatic hydroxyl groups is 1. The van der Waals surface area contributed by atoms with Gasteiger partial charge in [0.15, 0.2) is 0 Å². The van der Waals surface area contributed by atoms with Crippen LogP contribution in [0.2, 0.25) is 0 Å². The third kappa shape index (κ3) is 5.82. The van der Waals surface area contributed by atoms with Crippen LogP contribution in [0.25, 0.3) is 0 Å². The number of nitrogens with one attached hydrogen (secondary N) is 1. The van der Waals surface area contributed by atoms with Crippen molar-refractivity contribution in [3.63, 3.8) is 0 Å². The van der Waals surface area contributed by atoms with Crippen LogP contribution in [0.5, 0.6) is 0 Å². The number of amides is 2. The normalized spacial score (nSPS) is 16.3. The van der Waals surface area contributed by atoms with Crippen LogP contribution in [0.1, 0.15) is 49.4 Å². The van der Waals surface area contributed by atoms with Gasteiger partial charge in [-0.3, -0.25) is 14.6 Å². The number of carbonyl (C=O) groups is 2. The number of hydrogen-bond donors (Lipinski definition) is 2. The summed E-state index contributed by atoms with van der Waals surface area (Å²) in [5, 5.41) is 12.9. The van der Waals surface area contributed by atoms with Crippen molar-refractivity contribution in [3.8, 4) is 0 Å². The molecule has 7 nitrogen and oxygen atoms in total. The summed E-state index contributed by atoms with van der Waals surface area (Å²) < 4.78 is 0. The highest BCUT2D eigenvalue weighted by atomic mass is 16.3. The number of hydrogen-bond acceptors (Lipinski definition) is 5. The summed E-state index contributed by atoms with van der Waals surface area (Å²) in [5.74, 6) is 0.341. The fraction of sp³-hybridized carbons (Fsp3) is 0.458. The fourth-order valence-corrected chi connectivity index (χ4v) is 4.02. The maximum atomic E-state index is 12.0. The highest BCUT2D eigenvalue weighted by Crippen LogP contribution is 2.29. The first-order chi connectivity index (χ1) is 14.8. The van der Waals surface area contributed by atoms with Crippen LogP contribution in [0, 0.1) is 0 Å². The van der Waals surface area contributed by atoms with Crippen LogP contribution >= 0.6 is 0 Å². The molecule has 0 aliphatic carbocycles. The second-order valence-electron chi connectivity index (χ2n) is 8.62. The molecule has 1 fully saturated rings. The van der Waals surface area contributed by atoms with Gasteiger partial charge in [0.05, 0.1) is 12.2 Å². The number of anilines is 1. The Morgan fingerprint density at radius 1 is 1.16 bits per heavy atom. The monoisotopic (exact) mass is 424 g/mol. The largest absolute Gasteiger partial charge is 0.388 e. The van der Waals surface area contributed by atoms with Gasteiger partial charge in [-0.25, -0.2) is 0 Å². The van der Waals surface area contributed by atoms with E-state index in [2.05, 4.69) is 34.6 Å². The van der Waals surface area contributed by atoms with Crippen molar-refractivity contribution in [2.75, 3.05) is 25.5 Å². The van der Waals surface area contributed by atoms with Gasteiger partial charge in [-0.15, -0.1) is 0 Å². The smallest absolute Gasteiger partial charge is 0.253 e. The molecule has 166 valence electrons. The van der Waals surface area contributed by atoms with Crippen LogP contribution in [0.4, 0.5) is 5.69 Å². The van der Waals surface area contributed by atoms with E-state index in [-0.39, 0.29) is 5.91 Å². The van der Waals surface area contributed by atoms with E-state index in [9.17, 15) is 14.7 Å². The van der Waals surface area contributed by atoms with Crippen molar-refractivity contribution in [2.45, 2.75) is 51.3 Å². The van der Waals surface area contributed by atoms with Gasteiger partial charge in [0, 0.05) is 38.6 Å². The predicted octanol–water partition coefficient (Wildman–Crippen LogP) is 2.76. The summed E-state index contributed by atoms with van der Waals surface area (Å²) in [4.78, 5) is 30.0. The summed E-state index contributed by atoms with van der Waals surface area (Å²) in [6.07, 6.45) is 4.54. The first-order valence-corrected chi connectivity index (χ1v) is 10.7. The molecule has 0 unspecified atom stereocenters. The first kappa shape index (κ1) is 22.7. The molecule has 0 spiro atoms. The fourth-order valence-electron chi connectivity index (χ4n) is 4.02. The SMILES string of the molecule is CNc1ccc(C2CCN(C(=O)C(C)(C)O)CC2)cc1.O=CN1Cc2cccnc2C1. The molecule has 0 saturated carbocycles. The Balaban J connectivity index is 0.000000207. The minimum Gasteiger partial charge on any atom is -0.388 e. The number of rotatable bonds is 4. The predicted molar refractivity (Wildman–Crippen MR) is 120 cm³/mol. The Labute approximate surface area is 184 Å². The second kappa shape index (κ2) is 9.92. The highest BCUT2D eigenvalue weighted by Gasteiger charge is 2.32. The molecule has 3 heterocycles. The molecular weight excluding hydrogens is 392 g/mol. The molecule has 2 amide bonds. The van der Waals surface area contributed by atoms with E-state index in [1.54, 1.807) is 29.8 Å². The molecule has 0 bridgehead atoms. The van der Waals surface area contributed by atoms with Gasteiger partial charge >= 0.3 is 0 Å². The Hall–Kier alpha value is -2.93. The summed E-state index contributed by atoms with van der Waals surface area (Å²) in [6.45, 7) is 5.94. The van der Waals surface area contributed by atoms with Gasteiger partial charge in [0.1, 0.15) is 5.60 Å². The Morgan fingerprint density at radius 3 is 2.39 bits per heavy atom. The lowest BCUT2D eigenvalue weighted by molar-refractivity contribution is -0.148. The minimum atomic E-state index is -1.26. The van der Waals surface area contributed by atoms with Crippen molar-refractivity contribution in [3.05, 3.63) is 59.4 Å². The van der Waals surface area contributed by atoms with Crippen LogP contribution < -0.4 is 5.32 Å². The van der Waals surface area contributed by atoms with E-state index in [1.165, 1.54) is 11.1 Å². The molecule has 1 saturated heterocycles. The van der Waals surface area contributed by atoms with E-state index in [0.29, 0.717) is 19.0 Å². The van der Waals surface area contributed by atoms with E-state index in [1.807, 2.05) is 19.2 Å². The van der Waals surface area contributed by atoms with Crippen molar-refractivity contribution in [1.29, 1.82) is 0 Å². The van der Waals surface area contributed by atoms with Crippen molar-refractivity contribution in [2.24, 2.45) is 0 Å². The maximum Gasteiger partial charge on any atom is 0.253 e. The number of aromatic nitrogens is 1. The van der Waals surface area contributed by atoms with E-state index >= 15 is 0 Å². The molecule has 1 aromatic heterocycles. The number of fused-ring (bicyclic) bond motifs is 1. The molecule has 2 aromatic rings. The number of likely N-dealkylation sites (tertiary alicyclic amines) is 1. The minimum absolute atomic E-state index is 0.165. The molecule has 1 aromatic carbocycles. The number of carbonyl (C=O) groups excluding carboxylic acids is 2. The zero-order valence-corrected chi connectivity index (χ0v) is 18.5. The number of benzene rings is 1. The van der Waals surface area contributed by atoms with E-state index in [4.69, 9.17) is 0 Å². The molecule has 2 N–H and O–H groups in total. The van der Waals surface area contributed by atoms with Crippen LogP contribution in [0.3, 0.4) is 0 Å². The van der Waals surface area contributed by atoms with Gasteiger partial charge in [-0.2, -0.15) is 0 Å². The Bertz CT molecular complexity index is 859. The lowest BCUT2D eigenvalue weighted by atomic mass is 9.89. The molecule has 2 aliphatic rings. The second-order valence-corrected chi connectivity index (χ2v) is 8.62. The lowest BCUT2D eigenvalue weighted by Crippen LogP contribution is -2.48. The van der Waals surface area contributed by atoms with Gasteiger partial charge in [0.2, 0.25) is 6.41 Å².